The van der Waals surface area contributed by atoms with E-state index in [-0.39, 0.29) is 22.7 Å². The highest BCUT2D eigenvalue weighted by Crippen LogP contribution is 2.53. The molecule has 3 fully saturated rings. The van der Waals surface area contributed by atoms with Gasteiger partial charge in [-0.3, -0.25) is 4.79 Å². The summed E-state index contributed by atoms with van der Waals surface area (Å²) in [6.07, 6.45) is 6.43. The molecular weight excluding hydrogens is 241 g/mol. The van der Waals surface area contributed by atoms with Crippen molar-refractivity contribution in [2.24, 2.45) is 0 Å². The molecule has 19 heavy (non-hydrogen) atoms. The minimum atomic E-state index is -0.167. The van der Waals surface area contributed by atoms with E-state index in [0.717, 1.165) is 38.5 Å². The molecule has 1 aromatic carbocycles. The van der Waals surface area contributed by atoms with Crippen LogP contribution in [0, 0.1) is 5.82 Å². The zero-order valence-electron chi connectivity index (χ0n) is 11.3. The average Bonchev–Trinajstić information content (AvgIpc) is 2.40. The van der Waals surface area contributed by atoms with Gasteiger partial charge in [0, 0.05) is 12.5 Å². The molecule has 1 amide bonds. The summed E-state index contributed by atoms with van der Waals surface area (Å²) >= 11 is 0. The molecule has 0 spiro atoms. The van der Waals surface area contributed by atoms with Crippen LogP contribution in [-0.2, 0) is 10.2 Å². The highest BCUT2D eigenvalue weighted by atomic mass is 19.1. The number of carbonyl (C=O) groups is 1. The van der Waals surface area contributed by atoms with E-state index < -0.39 is 0 Å². The van der Waals surface area contributed by atoms with Crippen LogP contribution >= 0.6 is 0 Å². The fourth-order valence-corrected chi connectivity index (χ4v) is 3.98. The molecule has 1 N–H and O–H groups in total. The lowest BCUT2D eigenvalue weighted by Gasteiger charge is -2.54. The number of hydrogen-bond acceptors (Lipinski definition) is 1. The van der Waals surface area contributed by atoms with Crippen LogP contribution in [0.1, 0.15) is 51.0 Å². The Bertz CT molecular complexity index is 469. The fraction of sp³-hybridized carbons (Fsp3) is 0.562. The highest BCUT2D eigenvalue weighted by molar-refractivity contribution is 5.74. The number of hydrogen-bond donors (Lipinski definition) is 1. The molecule has 4 rings (SSSR count). The largest absolute Gasteiger partial charge is 0.351 e. The number of fused-ring (bicyclic) bond motifs is 3. The van der Waals surface area contributed by atoms with E-state index in [1.54, 1.807) is 19.1 Å². The second-order valence-corrected chi connectivity index (χ2v) is 6.25. The van der Waals surface area contributed by atoms with Gasteiger partial charge in [0.15, 0.2) is 0 Å². The highest BCUT2D eigenvalue weighted by Gasteiger charge is 2.49. The Labute approximate surface area is 113 Å². The second kappa shape index (κ2) is 4.32. The van der Waals surface area contributed by atoms with E-state index in [0.29, 0.717) is 0 Å². The summed E-state index contributed by atoms with van der Waals surface area (Å²) in [5, 5.41) is 3.16. The summed E-state index contributed by atoms with van der Waals surface area (Å²) in [5.74, 6) is -0.0875. The molecule has 2 nitrogen and oxygen atoms in total. The fourth-order valence-electron chi connectivity index (χ4n) is 3.98. The van der Waals surface area contributed by atoms with E-state index in [1.807, 2.05) is 12.1 Å². The summed E-state index contributed by atoms with van der Waals surface area (Å²) in [4.78, 5) is 11.3. The standard InChI is InChI=1S/C16H20FNO/c1-12(19)18-16-9-6-15(7-10-16,8-11-16)13-2-4-14(17)5-3-13/h2-5H,6-11H2,1H3,(H,18,19). The van der Waals surface area contributed by atoms with Crippen molar-refractivity contribution in [1.82, 2.24) is 5.32 Å². The van der Waals surface area contributed by atoms with E-state index >= 15 is 0 Å². The maximum atomic E-state index is 13.0. The summed E-state index contributed by atoms with van der Waals surface area (Å²) in [5.41, 5.74) is 1.52. The van der Waals surface area contributed by atoms with Crippen LogP contribution in [0.2, 0.25) is 0 Å². The molecule has 102 valence electrons. The summed E-state index contributed by atoms with van der Waals surface area (Å²) in [7, 11) is 0. The molecule has 1 aromatic rings. The Morgan fingerprint density at radius 3 is 2.05 bits per heavy atom. The van der Waals surface area contributed by atoms with Crippen LogP contribution in [0.5, 0.6) is 0 Å². The molecule has 0 radical (unpaired) electrons. The Kier molecular flexibility index (Phi) is 2.88. The minimum Gasteiger partial charge on any atom is -0.351 e. The average molecular weight is 261 g/mol. The molecule has 3 aliphatic rings. The molecule has 0 aromatic heterocycles. The van der Waals surface area contributed by atoms with E-state index in [9.17, 15) is 9.18 Å². The van der Waals surface area contributed by atoms with Gasteiger partial charge in [-0.2, -0.15) is 0 Å². The lowest BCUT2D eigenvalue weighted by atomic mass is 9.55. The third-order valence-electron chi connectivity index (χ3n) is 5.14. The normalized spacial score (nSPS) is 33.2. The zero-order chi connectivity index (χ0) is 13.5. The van der Waals surface area contributed by atoms with Gasteiger partial charge in [0.1, 0.15) is 5.82 Å². The van der Waals surface area contributed by atoms with Crippen molar-refractivity contribution in [2.45, 2.75) is 56.4 Å². The molecule has 2 bridgehead atoms. The Morgan fingerprint density at radius 1 is 1.05 bits per heavy atom. The van der Waals surface area contributed by atoms with E-state index in [1.165, 1.54) is 5.56 Å². The first-order valence-electron chi connectivity index (χ1n) is 7.09. The third kappa shape index (κ3) is 2.15. The number of rotatable bonds is 2. The maximum Gasteiger partial charge on any atom is 0.217 e. The first-order valence-corrected chi connectivity index (χ1v) is 7.09. The van der Waals surface area contributed by atoms with E-state index in [4.69, 9.17) is 0 Å². The number of halogens is 1. The summed E-state index contributed by atoms with van der Waals surface area (Å²) < 4.78 is 13.0. The van der Waals surface area contributed by atoms with Gasteiger partial charge >= 0.3 is 0 Å². The molecule has 0 atom stereocenters. The predicted octanol–water partition coefficient (Wildman–Crippen LogP) is 3.31. The van der Waals surface area contributed by atoms with Crippen molar-refractivity contribution < 1.29 is 9.18 Å². The topological polar surface area (TPSA) is 29.1 Å². The minimum absolute atomic E-state index is 0.0353. The third-order valence-corrected chi connectivity index (χ3v) is 5.14. The summed E-state index contributed by atoms with van der Waals surface area (Å²) in [6, 6.07) is 7.00. The predicted molar refractivity (Wildman–Crippen MR) is 72.3 cm³/mol. The van der Waals surface area contributed by atoms with Crippen molar-refractivity contribution in [3.05, 3.63) is 35.6 Å². The molecule has 3 heteroatoms. The molecular formula is C16H20FNO. The molecule has 0 aliphatic heterocycles. The van der Waals surface area contributed by atoms with Gasteiger partial charge in [-0.25, -0.2) is 4.39 Å². The molecule has 0 heterocycles. The van der Waals surface area contributed by atoms with Crippen LogP contribution in [0.25, 0.3) is 0 Å². The molecule has 0 saturated heterocycles. The number of benzene rings is 1. The van der Waals surface area contributed by atoms with Crippen molar-refractivity contribution in [2.75, 3.05) is 0 Å². The molecule has 3 aliphatic carbocycles. The Morgan fingerprint density at radius 2 is 1.58 bits per heavy atom. The lowest BCUT2D eigenvalue weighted by Crippen LogP contribution is -2.57. The van der Waals surface area contributed by atoms with Crippen LogP contribution in [-0.4, -0.2) is 11.4 Å². The Balaban J connectivity index is 1.81. The van der Waals surface area contributed by atoms with E-state index in [2.05, 4.69) is 5.32 Å². The van der Waals surface area contributed by atoms with Crippen LogP contribution in [0.15, 0.2) is 24.3 Å². The summed E-state index contributed by atoms with van der Waals surface area (Å²) in [6.45, 7) is 1.60. The quantitative estimate of drug-likeness (QED) is 0.869. The molecule has 3 saturated carbocycles. The smallest absolute Gasteiger partial charge is 0.217 e. The molecule has 0 unspecified atom stereocenters. The number of nitrogens with one attached hydrogen (secondary N) is 1. The number of amides is 1. The maximum absolute atomic E-state index is 13.0. The SMILES string of the molecule is CC(=O)NC12CCC(c3ccc(F)cc3)(CC1)CC2. The van der Waals surface area contributed by atoms with Crippen molar-refractivity contribution in [1.29, 1.82) is 0 Å². The van der Waals surface area contributed by atoms with Gasteiger partial charge < -0.3 is 5.32 Å². The van der Waals surface area contributed by atoms with Crippen molar-refractivity contribution >= 4 is 5.91 Å². The van der Waals surface area contributed by atoms with Gasteiger partial charge in [0.05, 0.1) is 0 Å². The van der Waals surface area contributed by atoms with Crippen LogP contribution < -0.4 is 5.32 Å². The van der Waals surface area contributed by atoms with Crippen LogP contribution in [0.4, 0.5) is 4.39 Å². The first kappa shape index (κ1) is 12.6. The van der Waals surface area contributed by atoms with Gasteiger partial charge in [-0.15, -0.1) is 0 Å². The monoisotopic (exact) mass is 261 g/mol. The van der Waals surface area contributed by atoms with Crippen LogP contribution in [0.3, 0.4) is 0 Å². The Hall–Kier alpha value is -1.38. The second-order valence-electron chi connectivity index (χ2n) is 6.25. The number of carbonyl (C=O) groups excluding carboxylic acids is 1. The van der Waals surface area contributed by atoms with Gasteiger partial charge in [-0.1, -0.05) is 12.1 Å². The zero-order valence-corrected chi connectivity index (χ0v) is 11.3. The lowest BCUT2D eigenvalue weighted by molar-refractivity contribution is -0.122. The van der Waals surface area contributed by atoms with Gasteiger partial charge in [-0.05, 0) is 61.6 Å². The van der Waals surface area contributed by atoms with Gasteiger partial charge in [0.25, 0.3) is 0 Å². The van der Waals surface area contributed by atoms with Crippen molar-refractivity contribution in [3.8, 4) is 0 Å². The van der Waals surface area contributed by atoms with Crippen molar-refractivity contribution in [3.63, 3.8) is 0 Å². The first-order chi connectivity index (χ1) is 9.04. The van der Waals surface area contributed by atoms with Gasteiger partial charge in [0.2, 0.25) is 5.91 Å².